The zero-order chi connectivity index (χ0) is 15.6. The summed E-state index contributed by atoms with van der Waals surface area (Å²) < 4.78 is 0.966. The normalized spacial score (nSPS) is 11.4. The van der Waals surface area contributed by atoms with Gasteiger partial charge in [-0.3, -0.25) is 4.79 Å². The van der Waals surface area contributed by atoms with Gasteiger partial charge in [-0.1, -0.05) is 0 Å². The van der Waals surface area contributed by atoms with Crippen LogP contribution in [0.3, 0.4) is 0 Å². The summed E-state index contributed by atoms with van der Waals surface area (Å²) in [5.41, 5.74) is 2.65. The molecule has 6 nitrogen and oxygen atoms in total. The molecule has 0 fully saturated rings. The smallest absolute Gasteiger partial charge is 0.323 e. The highest BCUT2D eigenvalue weighted by atomic mass is 32.1. The van der Waals surface area contributed by atoms with Crippen molar-refractivity contribution in [3.63, 3.8) is 0 Å². The van der Waals surface area contributed by atoms with Crippen LogP contribution in [-0.2, 0) is 4.79 Å². The maximum Gasteiger partial charge on any atom is 0.323 e. The lowest BCUT2D eigenvalue weighted by Gasteiger charge is -2.34. The summed E-state index contributed by atoms with van der Waals surface area (Å²) in [5, 5.41) is 11.7. The summed E-state index contributed by atoms with van der Waals surface area (Å²) in [5.74, 6) is -1.04. The Morgan fingerprint density at radius 3 is 2.71 bits per heavy atom. The van der Waals surface area contributed by atoms with E-state index in [9.17, 15) is 9.59 Å². The van der Waals surface area contributed by atoms with Gasteiger partial charge in [0.25, 0.3) is 0 Å². The Balaban J connectivity index is 2.19. The Morgan fingerprint density at radius 1 is 1.38 bits per heavy atom. The molecule has 2 aromatic rings. The zero-order valence-electron chi connectivity index (χ0n) is 12.1. The molecule has 0 saturated heterocycles. The first kappa shape index (κ1) is 15.2. The maximum atomic E-state index is 12.3. The standard InChI is InChI=1S/C14H17N3O3S/c1-14(2,3)17(7-12(18)19)13(20)16-9-4-5-10-11(6-9)21-8-15-10/h4-6,8H,7H2,1-3H3,(H,16,20)(H,18,19). The van der Waals surface area contributed by atoms with Gasteiger partial charge in [-0.15, -0.1) is 11.3 Å². The van der Waals surface area contributed by atoms with Crippen LogP contribution in [0, 0.1) is 0 Å². The fourth-order valence-corrected chi connectivity index (χ4v) is 2.59. The maximum absolute atomic E-state index is 12.3. The van der Waals surface area contributed by atoms with Gasteiger partial charge < -0.3 is 15.3 Å². The van der Waals surface area contributed by atoms with Gasteiger partial charge >= 0.3 is 12.0 Å². The predicted molar refractivity (Wildman–Crippen MR) is 82.7 cm³/mol. The molecule has 0 saturated carbocycles. The van der Waals surface area contributed by atoms with Crippen molar-refractivity contribution in [3.05, 3.63) is 23.7 Å². The Morgan fingerprint density at radius 2 is 2.10 bits per heavy atom. The van der Waals surface area contributed by atoms with Crippen LogP contribution in [0.4, 0.5) is 10.5 Å². The molecule has 2 N–H and O–H groups in total. The molecule has 0 atom stereocenters. The number of aliphatic carboxylic acids is 1. The van der Waals surface area contributed by atoms with Gasteiger partial charge in [0, 0.05) is 11.2 Å². The topological polar surface area (TPSA) is 82.5 Å². The molecule has 21 heavy (non-hydrogen) atoms. The highest BCUT2D eigenvalue weighted by molar-refractivity contribution is 7.16. The van der Waals surface area contributed by atoms with Crippen molar-refractivity contribution >= 4 is 39.2 Å². The highest BCUT2D eigenvalue weighted by Gasteiger charge is 2.28. The molecule has 2 amide bonds. The van der Waals surface area contributed by atoms with Crippen LogP contribution in [0.15, 0.2) is 23.7 Å². The van der Waals surface area contributed by atoms with E-state index in [1.54, 1.807) is 32.3 Å². The quantitative estimate of drug-likeness (QED) is 0.913. The van der Waals surface area contributed by atoms with Crippen molar-refractivity contribution in [1.29, 1.82) is 0 Å². The number of rotatable bonds is 3. The van der Waals surface area contributed by atoms with E-state index >= 15 is 0 Å². The van der Waals surface area contributed by atoms with Crippen molar-refractivity contribution in [2.24, 2.45) is 0 Å². The minimum atomic E-state index is -1.04. The van der Waals surface area contributed by atoms with Crippen LogP contribution in [-0.4, -0.2) is 39.1 Å². The fraction of sp³-hybridized carbons (Fsp3) is 0.357. The molecule has 2 rings (SSSR count). The summed E-state index contributed by atoms with van der Waals surface area (Å²) in [6, 6.07) is 4.96. The molecule has 0 aliphatic rings. The van der Waals surface area contributed by atoms with Crippen LogP contribution in [0.25, 0.3) is 10.2 Å². The van der Waals surface area contributed by atoms with E-state index < -0.39 is 17.5 Å². The molecule has 0 aliphatic carbocycles. The number of anilines is 1. The first-order valence-corrected chi connectivity index (χ1v) is 7.29. The number of hydrogen-bond donors (Lipinski definition) is 2. The summed E-state index contributed by atoms with van der Waals surface area (Å²) in [7, 11) is 0. The van der Waals surface area contributed by atoms with Crippen LogP contribution in [0.5, 0.6) is 0 Å². The van der Waals surface area contributed by atoms with E-state index in [1.165, 1.54) is 16.2 Å². The molecule has 1 aromatic carbocycles. The average molecular weight is 307 g/mol. The number of urea groups is 1. The second kappa shape index (κ2) is 5.69. The van der Waals surface area contributed by atoms with E-state index in [-0.39, 0.29) is 6.54 Å². The van der Waals surface area contributed by atoms with E-state index in [1.807, 2.05) is 12.1 Å². The second-order valence-corrected chi connectivity index (χ2v) is 6.50. The van der Waals surface area contributed by atoms with Gasteiger partial charge in [-0.2, -0.15) is 0 Å². The van der Waals surface area contributed by atoms with E-state index in [0.717, 1.165) is 10.2 Å². The number of benzene rings is 1. The first-order valence-electron chi connectivity index (χ1n) is 6.41. The number of carboxylic acid groups (broad SMARTS) is 1. The van der Waals surface area contributed by atoms with Crippen LogP contribution in [0.1, 0.15) is 20.8 Å². The van der Waals surface area contributed by atoms with E-state index in [2.05, 4.69) is 10.3 Å². The number of aromatic nitrogens is 1. The van der Waals surface area contributed by atoms with Crippen molar-refractivity contribution in [1.82, 2.24) is 9.88 Å². The number of nitrogens with one attached hydrogen (secondary N) is 1. The molecular weight excluding hydrogens is 290 g/mol. The molecular formula is C14H17N3O3S. The van der Waals surface area contributed by atoms with Crippen molar-refractivity contribution in [2.45, 2.75) is 26.3 Å². The molecule has 112 valence electrons. The van der Waals surface area contributed by atoms with Gasteiger partial charge in [-0.25, -0.2) is 9.78 Å². The molecule has 0 bridgehead atoms. The summed E-state index contributed by atoms with van der Waals surface area (Å²) in [6.07, 6.45) is 0. The lowest BCUT2D eigenvalue weighted by Crippen LogP contribution is -2.50. The summed E-state index contributed by atoms with van der Waals surface area (Å²) in [6.45, 7) is 5.03. The number of amides is 2. The number of carbonyl (C=O) groups excluding carboxylic acids is 1. The van der Waals surface area contributed by atoms with Crippen LogP contribution < -0.4 is 5.32 Å². The molecule has 0 unspecified atom stereocenters. The van der Waals surface area contributed by atoms with Gasteiger partial charge in [0.1, 0.15) is 6.54 Å². The van der Waals surface area contributed by atoms with E-state index in [4.69, 9.17) is 5.11 Å². The second-order valence-electron chi connectivity index (χ2n) is 5.62. The summed E-state index contributed by atoms with van der Waals surface area (Å²) in [4.78, 5) is 28.7. The largest absolute Gasteiger partial charge is 0.480 e. The lowest BCUT2D eigenvalue weighted by atomic mass is 10.1. The van der Waals surface area contributed by atoms with Crippen molar-refractivity contribution < 1.29 is 14.7 Å². The first-order chi connectivity index (χ1) is 9.77. The Bertz CT molecular complexity index is 675. The number of fused-ring (bicyclic) bond motifs is 1. The molecule has 0 aliphatic heterocycles. The number of thiazole rings is 1. The third-order valence-corrected chi connectivity index (χ3v) is 3.72. The van der Waals surface area contributed by atoms with Crippen molar-refractivity contribution in [3.8, 4) is 0 Å². The zero-order valence-corrected chi connectivity index (χ0v) is 12.9. The Kier molecular flexibility index (Phi) is 4.13. The number of nitrogens with zero attached hydrogens (tertiary/aromatic N) is 2. The highest BCUT2D eigenvalue weighted by Crippen LogP contribution is 2.23. The summed E-state index contributed by atoms with van der Waals surface area (Å²) >= 11 is 1.48. The van der Waals surface area contributed by atoms with Gasteiger partial charge in [-0.05, 0) is 39.0 Å². The molecule has 1 aromatic heterocycles. The third-order valence-electron chi connectivity index (χ3n) is 2.93. The molecule has 1 heterocycles. The number of hydrogen-bond acceptors (Lipinski definition) is 4. The molecule has 7 heteroatoms. The van der Waals surface area contributed by atoms with Gasteiger partial charge in [0.15, 0.2) is 0 Å². The molecule has 0 spiro atoms. The fourth-order valence-electron chi connectivity index (χ4n) is 1.87. The minimum Gasteiger partial charge on any atom is -0.480 e. The van der Waals surface area contributed by atoms with Crippen molar-refractivity contribution in [2.75, 3.05) is 11.9 Å². The lowest BCUT2D eigenvalue weighted by molar-refractivity contribution is -0.138. The monoisotopic (exact) mass is 307 g/mol. The van der Waals surface area contributed by atoms with Gasteiger partial charge in [0.2, 0.25) is 0 Å². The average Bonchev–Trinajstić information content (AvgIpc) is 2.81. The Hall–Kier alpha value is -2.15. The molecule has 0 radical (unpaired) electrons. The predicted octanol–water partition coefficient (Wildman–Crippen LogP) is 3.01. The minimum absolute atomic E-state index is 0.349. The third kappa shape index (κ3) is 3.69. The number of carbonyl (C=O) groups is 2. The van der Waals surface area contributed by atoms with E-state index in [0.29, 0.717) is 5.69 Å². The number of carboxylic acids is 1. The van der Waals surface area contributed by atoms with Crippen LogP contribution in [0.2, 0.25) is 0 Å². The SMILES string of the molecule is CC(C)(C)N(CC(=O)O)C(=O)Nc1ccc2ncsc2c1. The van der Waals surface area contributed by atoms with Crippen LogP contribution >= 0.6 is 11.3 Å². The Labute approximate surface area is 126 Å². The van der Waals surface area contributed by atoms with Gasteiger partial charge in [0.05, 0.1) is 15.7 Å².